The topological polar surface area (TPSA) is 66.9 Å². The van der Waals surface area contributed by atoms with Gasteiger partial charge in [-0.25, -0.2) is 8.42 Å². The zero-order valence-electron chi connectivity index (χ0n) is 14.8. The monoisotopic (exact) mass is 366 g/mol. The molecule has 3 rings (SSSR count). The van der Waals surface area contributed by atoms with Crippen LogP contribution in [0.4, 0.5) is 5.69 Å². The zero-order valence-corrected chi connectivity index (χ0v) is 15.7. The second kappa shape index (κ2) is 7.23. The molecule has 138 valence electrons. The minimum Gasteiger partial charge on any atom is -0.494 e. The van der Waals surface area contributed by atoms with E-state index < -0.39 is 9.84 Å². The van der Waals surface area contributed by atoms with Crippen molar-refractivity contribution in [1.29, 1.82) is 0 Å². The van der Waals surface area contributed by atoms with Crippen LogP contribution < -0.4 is 9.64 Å². The number of carbonyl (C=O) groups is 1. The second-order valence-electron chi connectivity index (χ2n) is 6.76. The summed E-state index contributed by atoms with van der Waals surface area (Å²) < 4.78 is 29.3. The van der Waals surface area contributed by atoms with Crippen molar-refractivity contribution in [3.63, 3.8) is 0 Å². The Morgan fingerprint density at radius 3 is 2.44 bits per heavy atom. The van der Waals surface area contributed by atoms with Crippen LogP contribution in [0.15, 0.2) is 24.3 Å². The number of piperazine rings is 1. The van der Waals surface area contributed by atoms with Crippen molar-refractivity contribution in [3.05, 3.63) is 24.3 Å². The van der Waals surface area contributed by atoms with Gasteiger partial charge >= 0.3 is 0 Å². The van der Waals surface area contributed by atoms with Crippen LogP contribution in [-0.4, -0.2) is 62.5 Å². The molecule has 0 aliphatic carbocycles. The van der Waals surface area contributed by atoms with Crippen molar-refractivity contribution in [2.24, 2.45) is 0 Å². The fraction of sp³-hybridized carbons (Fsp3) is 0.611. The zero-order chi connectivity index (χ0) is 18.0. The number of ether oxygens (including phenoxy) is 1. The van der Waals surface area contributed by atoms with Gasteiger partial charge < -0.3 is 14.5 Å². The molecule has 7 heteroatoms. The molecule has 6 nitrogen and oxygen atoms in total. The molecule has 0 radical (unpaired) electrons. The number of fused-ring (bicyclic) bond motifs is 2. The first-order valence-electron chi connectivity index (χ1n) is 8.93. The minimum atomic E-state index is -3.28. The lowest BCUT2D eigenvalue weighted by molar-refractivity contribution is -0.129. The Balaban J connectivity index is 1.61. The molecule has 2 bridgehead atoms. The number of rotatable bonds is 7. The third-order valence-corrected chi connectivity index (χ3v) is 6.62. The number of anilines is 1. The second-order valence-corrected chi connectivity index (χ2v) is 8.94. The molecule has 2 heterocycles. The fourth-order valence-corrected chi connectivity index (χ4v) is 5.15. The van der Waals surface area contributed by atoms with Gasteiger partial charge in [0.2, 0.25) is 5.91 Å². The van der Waals surface area contributed by atoms with Crippen LogP contribution in [0.25, 0.3) is 0 Å². The van der Waals surface area contributed by atoms with E-state index in [0.29, 0.717) is 19.6 Å². The standard InChI is InChI=1S/C18H26N2O4S/c1-3-9-25(22,23)13-18(21)20-12-15-10-16(20)11-19(15)14-5-7-17(8-6-14)24-4-2/h5-8,15-16H,3-4,9-13H2,1-2H3/t15-,16-/m0/s1. The van der Waals surface area contributed by atoms with Gasteiger partial charge in [-0.3, -0.25) is 4.79 Å². The predicted molar refractivity (Wildman–Crippen MR) is 97.8 cm³/mol. The molecule has 0 saturated carbocycles. The molecule has 2 saturated heterocycles. The lowest BCUT2D eigenvalue weighted by Crippen LogP contribution is -2.50. The van der Waals surface area contributed by atoms with Gasteiger partial charge in [-0.05, 0) is 44.0 Å². The highest BCUT2D eigenvalue weighted by Gasteiger charge is 2.45. The molecule has 1 amide bonds. The quantitative estimate of drug-likeness (QED) is 0.735. The van der Waals surface area contributed by atoms with E-state index in [4.69, 9.17) is 4.74 Å². The van der Waals surface area contributed by atoms with Crippen LogP contribution in [0.5, 0.6) is 5.75 Å². The summed E-state index contributed by atoms with van der Waals surface area (Å²) in [5, 5.41) is 0. The summed E-state index contributed by atoms with van der Waals surface area (Å²) in [4.78, 5) is 16.5. The number of hydrogen-bond donors (Lipinski definition) is 0. The van der Waals surface area contributed by atoms with Crippen LogP contribution in [0.2, 0.25) is 0 Å². The molecule has 1 aromatic rings. The molecular weight excluding hydrogens is 340 g/mol. The molecule has 25 heavy (non-hydrogen) atoms. The lowest BCUT2D eigenvalue weighted by Gasteiger charge is -2.35. The van der Waals surface area contributed by atoms with Crippen molar-refractivity contribution < 1.29 is 17.9 Å². The maximum Gasteiger partial charge on any atom is 0.238 e. The highest BCUT2D eigenvalue weighted by atomic mass is 32.2. The summed E-state index contributed by atoms with van der Waals surface area (Å²) in [7, 11) is -3.28. The van der Waals surface area contributed by atoms with E-state index in [-0.39, 0.29) is 29.5 Å². The molecular formula is C18H26N2O4S. The first-order valence-corrected chi connectivity index (χ1v) is 10.7. The first kappa shape index (κ1) is 18.0. The van der Waals surface area contributed by atoms with Crippen LogP contribution >= 0.6 is 0 Å². The Morgan fingerprint density at radius 2 is 1.88 bits per heavy atom. The van der Waals surface area contributed by atoms with Gasteiger partial charge in [0.15, 0.2) is 9.84 Å². The van der Waals surface area contributed by atoms with E-state index in [9.17, 15) is 13.2 Å². The van der Waals surface area contributed by atoms with Crippen molar-refractivity contribution in [1.82, 2.24) is 4.90 Å². The van der Waals surface area contributed by atoms with Crippen LogP contribution in [-0.2, 0) is 14.6 Å². The summed E-state index contributed by atoms with van der Waals surface area (Å²) >= 11 is 0. The molecule has 2 aliphatic rings. The molecule has 0 N–H and O–H groups in total. The average molecular weight is 366 g/mol. The summed E-state index contributed by atoms with van der Waals surface area (Å²) in [5.41, 5.74) is 1.13. The fourth-order valence-electron chi connectivity index (χ4n) is 3.84. The minimum absolute atomic E-state index is 0.0823. The third kappa shape index (κ3) is 3.92. The highest BCUT2D eigenvalue weighted by molar-refractivity contribution is 7.92. The molecule has 0 spiro atoms. The third-order valence-electron chi connectivity index (χ3n) is 4.90. The number of likely N-dealkylation sites (tertiary alicyclic amines) is 1. The first-order chi connectivity index (χ1) is 11.9. The summed E-state index contributed by atoms with van der Waals surface area (Å²) in [6.45, 7) is 5.79. The number of sulfone groups is 1. The van der Waals surface area contributed by atoms with Crippen molar-refractivity contribution in [2.75, 3.05) is 36.1 Å². The Labute approximate surface area is 149 Å². The van der Waals surface area contributed by atoms with E-state index in [1.54, 1.807) is 4.90 Å². The van der Waals surface area contributed by atoms with Gasteiger partial charge in [-0.1, -0.05) is 6.92 Å². The largest absolute Gasteiger partial charge is 0.494 e. The maximum absolute atomic E-state index is 12.4. The van der Waals surface area contributed by atoms with E-state index >= 15 is 0 Å². The van der Waals surface area contributed by atoms with Crippen LogP contribution in [0.1, 0.15) is 26.7 Å². The SMILES string of the molecule is CCCS(=O)(=O)CC(=O)N1C[C@@H]2C[C@H]1CN2c1ccc(OCC)cc1. The molecule has 0 aromatic heterocycles. The smallest absolute Gasteiger partial charge is 0.238 e. The van der Waals surface area contributed by atoms with Gasteiger partial charge in [0.25, 0.3) is 0 Å². The van der Waals surface area contributed by atoms with E-state index in [2.05, 4.69) is 4.90 Å². The predicted octanol–water partition coefficient (Wildman–Crippen LogP) is 1.70. The number of nitrogens with zero attached hydrogens (tertiary/aromatic N) is 2. The summed E-state index contributed by atoms with van der Waals surface area (Å²) in [6.07, 6.45) is 1.46. The molecule has 1 aromatic carbocycles. The van der Waals surface area contributed by atoms with E-state index in [1.165, 1.54) is 0 Å². The van der Waals surface area contributed by atoms with Crippen LogP contribution in [0, 0.1) is 0 Å². The number of carbonyl (C=O) groups excluding carboxylic acids is 1. The van der Waals surface area contributed by atoms with Crippen molar-refractivity contribution >= 4 is 21.4 Å². The Morgan fingerprint density at radius 1 is 1.16 bits per heavy atom. The maximum atomic E-state index is 12.4. The molecule has 0 unspecified atom stereocenters. The molecule has 2 fully saturated rings. The van der Waals surface area contributed by atoms with Gasteiger partial charge in [0, 0.05) is 24.8 Å². The number of amides is 1. The van der Waals surface area contributed by atoms with Gasteiger partial charge in [0.1, 0.15) is 11.5 Å². The Kier molecular flexibility index (Phi) is 5.22. The normalized spacial score (nSPS) is 22.5. The lowest BCUT2D eigenvalue weighted by atomic mass is 10.2. The van der Waals surface area contributed by atoms with E-state index in [1.807, 2.05) is 38.1 Å². The highest BCUT2D eigenvalue weighted by Crippen LogP contribution is 2.35. The molecule has 2 atom stereocenters. The summed E-state index contributed by atoms with van der Waals surface area (Å²) in [6, 6.07) is 8.39. The van der Waals surface area contributed by atoms with Crippen molar-refractivity contribution in [3.8, 4) is 5.75 Å². The average Bonchev–Trinajstić information content (AvgIpc) is 3.16. The summed E-state index contributed by atoms with van der Waals surface area (Å²) in [5.74, 6) is 0.340. The van der Waals surface area contributed by atoms with Crippen molar-refractivity contribution in [2.45, 2.75) is 38.8 Å². The van der Waals surface area contributed by atoms with Crippen LogP contribution in [0.3, 0.4) is 0 Å². The number of benzene rings is 1. The van der Waals surface area contributed by atoms with Gasteiger partial charge in [0.05, 0.1) is 18.4 Å². The Bertz CT molecular complexity index is 717. The molecule has 2 aliphatic heterocycles. The number of hydrogen-bond acceptors (Lipinski definition) is 5. The van der Waals surface area contributed by atoms with Gasteiger partial charge in [-0.2, -0.15) is 0 Å². The van der Waals surface area contributed by atoms with E-state index in [0.717, 1.165) is 24.4 Å². The van der Waals surface area contributed by atoms with Gasteiger partial charge in [-0.15, -0.1) is 0 Å². The Hall–Kier alpha value is -1.76.